The highest BCUT2D eigenvalue weighted by Crippen LogP contribution is 2.37. The zero-order valence-corrected chi connectivity index (χ0v) is 18.1. The van der Waals surface area contributed by atoms with Gasteiger partial charge in [0, 0.05) is 10.6 Å². The summed E-state index contributed by atoms with van der Waals surface area (Å²) in [5.41, 5.74) is 0.793. The Bertz CT molecular complexity index is 1090. The summed E-state index contributed by atoms with van der Waals surface area (Å²) in [5.74, 6) is -0.194. The molecule has 0 fully saturated rings. The summed E-state index contributed by atoms with van der Waals surface area (Å²) < 4.78 is 42.2. The van der Waals surface area contributed by atoms with Crippen LogP contribution in [0.3, 0.4) is 0 Å². The van der Waals surface area contributed by atoms with E-state index in [1.54, 1.807) is 36.4 Å². The van der Waals surface area contributed by atoms with Gasteiger partial charge in [0.25, 0.3) is 10.0 Å². The summed E-state index contributed by atoms with van der Waals surface area (Å²) in [4.78, 5) is 0.553. The van der Waals surface area contributed by atoms with E-state index >= 15 is 0 Å². The molecule has 0 atom stereocenters. The topological polar surface area (TPSA) is 46.2 Å². The number of benzene rings is 2. The van der Waals surface area contributed by atoms with Gasteiger partial charge in [0.15, 0.2) is 0 Å². The van der Waals surface area contributed by atoms with Crippen molar-refractivity contribution in [3.05, 3.63) is 73.6 Å². The molecule has 1 N–H and O–H groups in total. The van der Waals surface area contributed by atoms with E-state index in [1.807, 2.05) is 0 Å². The monoisotopic (exact) mass is 481 g/mol. The van der Waals surface area contributed by atoms with Crippen LogP contribution >= 0.6 is 57.9 Å². The Morgan fingerprint density at radius 1 is 1.07 bits per heavy atom. The molecule has 0 spiro atoms. The molecule has 0 aliphatic carbocycles. The molecule has 0 aliphatic rings. The Balaban J connectivity index is 1.84. The lowest BCUT2D eigenvalue weighted by Gasteiger charge is -2.12. The molecular formula is C17H11Cl3FNO2S3. The number of nitrogens with one attached hydrogen (secondary N) is 1. The predicted molar refractivity (Wildman–Crippen MR) is 113 cm³/mol. The van der Waals surface area contributed by atoms with Crippen molar-refractivity contribution in [3.63, 3.8) is 0 Å². The third kappa shape index (κ3) is 4.91. The van der Waals surface area contributed by atoms with Gasteiger partial charge in [-0.25, -0.2) is 12.8 Å². The summed E-state index contributed by atoms with van der Waals surface area (Å²) >= 11 is 19.9. The summed E-state index contributed by atoms with van der Waals surface area (Å²) in [7, 11) is -3.91. The van der Waals surface area contributed by atoms with Crippen molar-refractivity contribution < 1.29 is 12.8 Å². The molecule has 0 aliphatic heterocycles. The first-order chi connectivity index (χ1) is 12.8. The summed E-state index contributed by atoms with van der Waals surface area (Å²) in [5, 5.41) is 0.0473. The van der Waals surface area contributed by atoms with E-state index in [-0.39, 0.29) is 24.3 Å². The summed E-state index contributed by atoms with van der Waals surface area (Å²) in [6, 6.07) is 12.9. The van der Waals surface area contributed by atoms with Gasteiger partial charge in [-0.05, 0) is 29.8 Å². The number of hydrogen-bond donors (Lipinski definition) is 1. The van der Waals surface area contributed by atoms with E-state index < -0.39 is 15.8 Å². The average molecular weight is 483 g/mol. The van der Waals surface area contributed by atoms with Crippen LogP contribution in [-0.2, 0) is 15.8 Å². The van der Waals surface area contributed by atoms with Gasteiger partial charge in [0.2, 0.25) is 0 Å². The van der Waals surface area contributed by atoms with E-state index in [9.17, 15) is 12.8 Å². The van der Waals surface area contributed by atoms with Crippen LogP contribution in [0.25, 0.3) is 0 Å². The van der Waals surface area contributed by atoms with Gasteiger partial charge in [0.05, 0.1) is 15.0 Å². The minimum Gasteiger partial charge on any atom is -0.278 e. The molecule has 0 bridgehead atoms. The molecule has 3 nitrogen and oxygen atoms in total. The first-order valence-corrected chi connectivity index (χ1v) is 11.8. The molecular weight excluding hydrogens is 472 g/mol. The van der Waals surface area contributed by atoms with Crippen molar-refractivity contribution in [2.75, 3.05) is 4.72 Å². The van der Waals surface area contributed by atoms with E-state index in [1.165, 1.54) is 23.9 Å². The van der Waals surface area contributed by atoms with Gasteiger partial charge in [-0.2, -0.15) is 0 Å². The highest BCUT2D eigenvalue weighted by atomic mass is 35.5. The van der Waals surface area contributed by atoms with Crippen molar-refractivity contribution in [1.82, 2.24) is 0 Å². The van der Waals surface area contributed by atoms with Crippen molar-refractivity contribution in [2.24, 2.45) is 0 Å². The summed E-state index contributed by atoms with van der Waals surface area (Å²) in [6.45, 7) is 0. The Hall–Kier alpha value is -0.960. The zero-order chi connectivity index (χ0) is 19.6. The van der Waals surface area contributed by atoms with E-state index in [4.69, 9.17) is 34.8 Å². The maximum absolute atomic E-state index is 14.1. The lowest BCUT2D eigenvalue weighted by atomic mass is 10.2. The Labute approximate surface area is 179 Å². The SMILES string of the molecule is O=S(=O)(Nc1ccccc1SCc1cccc(Cl)c1F)c1cc(Cl)sc1Cl. The predicted octanol–water partition coefficient (Wildman–Crippen LogP) is 6.94. The second kappa shape index (κ2) is 8.59. The van der Waals surface area contributed by atoms with Gasteiger partial charge in [-0.3, -0.25) is 4.72 Å². The van der Waals surface area contributed by atoms with Gasteiger partial charge in [0.1, 0.15) is 15.0 Å². The molecule has 3 rings (SSSR count). The van der Waals surface area contributed by atoms with Gasteiger partial charge in [-0.15, -0.1) is 23.1 Å². The highest BCUT2D eigenvalue weighted by molar-refractivity contribution is 7.98. The minimum absolute atomic E-state index is 0.0473. The molecule has 10 heteroatoms. The van der Waals surface area contributed by atoms with Crippen LogP contribution in [0.2, 0.25) is 13.7 Å². The van der Waals surface area contributed by atoms with Crippen molar-refractivity contribution in [3.8, 4) is 0 Å². The number of thiophene rings is 1. The first-order valence-electron chi connectivity index (χ1n) is 7.40. The Kier molecular flexibility index (Phi) is 6.61. The third-order valence-corrected chi connectivity index (χ3v) is 7.99. The molecule has 3 aromatic rings. The Morgan fingerprint density at radius 2 is 1.81 bits per heavy atom. The Morgan fingerprint density at radius 3 is 2.52 bits per heavy atom. The molecule has 1 heterocycles. The van der Waals surface area contributed by atoms with Crippen LogP contribution in [0.1, 0.15) is 5.56 Å². The van der Waals surface area contributed by atoms with E-state index in [0.717, 1.165) is 11.3 Å². The van der Waals surface area contributed by atoms with Gasteiger partial charge in [-0.1, -0.05) is 59.1 Å². The molecule has 142 valence electrons. The first kappa shape index (κ1) is 20.8. The minimum atomic E-state index is -3.91. The molecule has 0 saturated heterocycles. The number of thioether (sulfide) groups is 1. The van der Waals surface area contributed by atoms with Crippen LogP contribution in [0.15, 0.2) is 58.3 Å². The van der Waals surface area contributed by atoms with Crippen LogP contribution in [0, 0.1) is 5.82 Å². The summed E-state index contributed by atoms with van der Waals surface area (Å²) in [6.07, 6.45) is 0. The molecule has 2 aromatic carbocycles. The van der Waals surface area contributed by atoms with Crippen molar-refractivity contribution >= 4 is 73.6 Å². The lowest BCUT2D eigenvalue weighted by Crippen LogP contribution is -2.13. The average Bonchev–Trinajstić information content (AvgIpc) is 2.96. The number of halogens is 4. The largest absolute Gasteiger partial charge is 0.278 e. The van der Waals surface area contributed by atoms with Crippen molar-refractivity contribution in [1.29, 1.82) is 0 Å². The van der Waals surface area contributed by atoms with Crippen LogP contribution in [0.5, 0.6) is 0 Å². The fourth-order valence-electron chi connectivity index (χ4n) is 2.20. The smallest absolute Gasteiger partial charge is 0.264 e. The zero-order valence-electron chi connectivity index (χ0n) is 13.4. The van der Waals surface area contributed by atoms with Crippen LogP contribution < -0.4 is 4.72 Å². The number of rotatable bonds is 6. The highest BCUT2D eigenvalue weighted by Gasteiger charge is 2.22. The number of anilines is 1. The molecule has 0 saturated carbocycles. The number of para-hydroxylation sites is 1. The van der Waals surface area contributed by atoms with Crippen LogP contribution in [0.4, 0.5) is 10.1 Å². The molecule has 0 radical (unpaired) electrons. The second-order valence-electron chi connectivity index (χ2n) is 5.29. The fourth-order valence-corrected chi connectivity index (χ4v) is 6.67. The number of hydrogen-bond acceptors (Lipinski definition) is 4. The maximum Gasteiger partial charge on any atom is 0.264 e. The number of sulfonamides is 1. The lowest BCUT2D eigenvalue weighted by molar-refractivity contribution is 0.601. The molecule has 27 heavy (non-hydrogen) atoms. The third-order valence-electron chi connectivity index (χ3n) is 3.46. The normalized spacial score (nSPS) is 11.6. The molecule has 1 aromatic heterocycles. The molecule has 0 amide bonds. The quantitative estimate of drug-likeness (QED) is 0.387. The maximum atomic E-state index is 14.1. The van der Waals surface area contributed by atoms with Gasteiger partial charge < -0.3 is 0 Å². The van der Waals surface area contributed by atoms with E-state index in [2.05, 4.69) is 4.72 Å². The molecule has 0 unspecified atom stereocenters. The second-order valence-corrected chi connectivity index (χ2v) is 10.7. The van der Waals surface area contributed by atoms with Crippen molar-refractivity contribution in [2.45, 2.75) is 15.5 Å². The standard InChI is InChI=1S/C17H11Cl3FNO2S3/c18-11-5-3-4-10(16(11)21)9-25-13-7-2-1-6-12(13)22-27(23,24)14-8-15(19)26-17(14)20/h1-8,22H,9H2. The van der Waals surface area contributed by atoms with E-state index in [0.29, 0.717) is 16.1 Å². The van der Waals surface area contributed by atoms with Gasteiger partial charge >= 0.3 is 0 Å². The van der Waals surface area contributed by atoms with Crippen LogP contribution in [-0.4, -0.2) is 8.42 Å². The fraction of sp³-hybridized carbons (Fsp3) is 0.0588.